The van der Waals surface area contributed by atoms with Crippen molar-refractivity contribution in [2.24, 2.45) is 0 Å². The van der Waals surface area contributed by atoms with Crippen molar-refractivity contribution in [1.82, 2.24) is 20.2 Å². The summed E-state index contributed by atoms with van der Waals surface area (Å²) in [6.45, 7) is 11.8. The highest BCUT2D eigenvalue weighted by Crippen LogP contribution is 2.12. The Hall–Kier alpha value is -0.650. The van der Waals surface area contributed by atoms with Gasteiger partial charge in [-0.3, -0.25) is 0 Å². The van der Waals surface area contributed by atoms with Crippen LogP contribution in [0.1, 0.15) is 32.8 Å². The van der Waals surface area contributed by atoms with E-state index in [9.17, 15) is 0 Å². The topological polar surface area (TPSA) is 41.1 Å². The van der Waals surface area contributed by atoms with Gasteiger partial charge >= 0.3 is 0 Å². The smallest absolute Gasteiger partial charge is 0.187 e. The molecule has 0 bridgehead atoms. The van der Waals surface area contributed by atoms with Crippen molar-refractivity contribution in [1.29, 1.82) is 0 Å². The average molecular weight is 282 g/mol. The summed E-state index contributed by atoms with van der Waals surface area (Å²) < 4.78 is 0. The van der Waals surface area contributed by atoms with Crippen LogP contribution in [0.4, 0.5) is 0 Å². The molecule has 1 rings (SSSR count). The molecule has 0 unspecified atom stereocenters. The molecule has 0 fully saturated rings. The first-order valence-corrected chi connectivity index (χ1v) is 8.15. The lowest BCUT2D eigenvalue weighted by Gasteiger charge is -2.16. The second kappa shape index (κ2) is 10.2. The Morgan fingerprint density at radius 1 is 1.16 bits per heavy atom. The zero-order valence-corrected chi connectivity index (χ0v) is 13.2. The quantitative estimate of drug-likeness (QED) is 0.405. The Kier molecular flexibility index (Phi) is 8.79. The van der Waals surface area contributed by atoms with Crippen LogP contribution in [0.3, 0.4) is 0 Å². The first kappa shape index (κ1) is 16.4. The summed E-state index contributed by atoms with van der Waals surface area (Å²) in [4.78, 5) is 11.2. The summed E-state index contributed by atoms with van der Waals surface area (Å²) in [5, 5.41) is 4.23. The molecule has 0 saturated carbocycles. The summed E-state index contributed by atoms with van der Waals surface area (Å²) in [6.07, 6.45) is 5.00. The highest BCUT2D eigenvalue weighted by Gasteiger charge is 2.02. The highest BCUT2D eigenvalue weighted by atomic mass is 32.2. The standard InChI is InChI=1S/C14H26N4S/c1-4-7-15-10-13-11-16-14(17-12-13)19-9-8-18(5-2)6-3/h11-12,15H,4-10H2,1-3H3. The second-order valence-corrected chi connectivity index (χ2v) is 5.49. The maximum Gasteiger partial charge on any atom is 0.187 e. The minimum atomic E-state index is 0.859. The summed E-state index contributed by atoms with van der Waals surface area (Å²) in [6, 6.07) is 0. The van der Waals surface area contributed by atoms with Crippen molar-refractivity contribution in [2.45, 2.75) is 38.9 Å². The van der Waals surface area contributed by atoms with Crippen LogP contribution >= 0.6 is 11.8 Å². The number of aromatic nitrogens is 2. The van der Waals surface area contributed by atoms with Crippen LogP contribution in [0.15, 0.2) is 17.6 Å². The number of hydrogen-bond donors (Lipinski definition) is 1. The summed E-state index contributed by atoms with van der Waals surface area (Å²) in [7, 11) is 0. The average Bonchev–Trinajstić information content (AvgIpc) is 2.45. The molecule has 1 aromatic rings. The summed E-state index contributed by atoms with van der Waals surface area (Å²) >= 11 is 1.73. The van der Waals surface area contributed by atoms with Gasteiger partial charge in [0.1, 0.15) is 0 Å². The van der Waals surface area contributed by atoms with Gasteiger partial charge in [-0.1, -0.05) is 32.5 Å². The number of thioether (sulfide) groups is 1. The SMILES string of the molecule is CCCNCc1cnc(SCCN(CC)CC)nc1. The van der Waals surface area contributed by atoms with Crippen LogP contribution in [-0.4, -0.2) is 46.8 Å². The van der Waals surface area contributed by atoms with E-state index in [0.29, 0.717) is 0 Å². The van der Waals surface area contributed by atoms with Gasteiger partial charge in [-0.2, -0.15) is 0 Å². The third kappa shape index (κ3) is 6.89. The van der Waals surface area contributed by atoms with Gasteiger partial charge in [0.25, 0.3) is 0 Å². The normalized spacial score (nSPS) is 11.2. The van der Waals surface area contributed by atoms with Gasteiger partial charge in [0.05, 0.1) is 0 Å². The van der Waals surface area contributed by atoms with E-state index in [1.54, 1.807) is 11.8 Å². The van der Waals surface area contributed by atoms with Crippen LogP contribution in [0, 0.1) is 0 Å². The molecule has 0 amide bonds. The number of nitrogens with one attached hydrogen (secondary N) is 1. The molecule has 19 heavy (non-hydrogen) atoms. The fraction of sp³-hybridized carbons (Fsp3) is 0.714. The Morgan fingerprint density at radius 3 is 2.42 bits per heavy atom. The molecule has 1 N–H and O–H groups in total. The minimum absolute atomic E-state index is 0.859. The van der Waals surface area contributed by atoms with Gasteiger partial charge in [-0.15, -0.1) is 0 Å². The molecule has 0 atom stereocenters. The third-order valence-electron chi connectivity index (χ3n) is 2.97. The van der Waals surface area contributed by atoms with E-state index in [1.165, 1.54) is 0 Å². The van der Waals surface area contributed by atoms with Gasteiger partial charge < -0.3 is 10.2 Å². The molecule has 5 heteroatoms. The first-order valence-electron chi connectivity index (χ1n) is 7.16. The molecule has 0 radical (unpaired) electrons. The van der Waals surface area contributed by atoms with Crippen LogP contribution in [0.25, 0.3) is 0 Å². The van der Waals surface area contributed by atoms with E-state index in [-0.39, 0.29) is 0 Å². The highest BCUT2D eigenvalue weighted by molar-refractivity contribution is 7.99. The second-order valence-electron chi connectivity index (χ2n) is 4.43. The number of hydrogen-bond acceptors (Lipinski definition) is 5. The fourth-order valence-corrected chi connectivity index (χ4v) is 2.51. The van der Waals surface area contributed by atoms with E-state index in [1.807, 2.05) is 12.4 Å². The van der Waals surface area contributed by atoms with Crippen molar-refractivity contribution < 1.29 is 0 Å². The zero-order chi connectivity index (χ0) is 13.9. The molecule has 0 aliphatic rings. The Morgan fingerprint density at radius 2 is 1.84 bits per heavy atom. The fourth-order valence-electron chi connectivity index (χ4n) is 1.72. The van der Waals surface area contributed by atoms with Crippen LogP contribution in [0.5, 0.6) is 0 Å². The zero-order valence-electron chi connectivity index (χ0n) is 12.4. The van der Waals surface area contributed by atoms with Gasteiger partial charge in [0, 0.05) is 36.8 Å². The van der Waals surface area contributed by atoms with Crippen molar-refractivity contribution in [3.63, 3.8) is 0 Å². The Labute approximate surface area is 121 Å². The van der Waals surface area contributed by atoms with Gasteiger partial charge in [0.15, 0.2) is 5.16 Å². The van der Waals surface area contributed by atoms with Gasteiger partial charge in [0.2, 0.25) is 0 Å². The van der Waals surface area contributed by atoms with Crippen molar-refractivity contribution in [3.8, 4) is 0 Å². The van der Waals surface area contributed by atoms with E-state index in [4.69, 9.17) is 0 Å². The first-order chi connectivity index (χ1) is 9.30. The number of nitrogens with zero attached hydrogens (tertiary/aromatic N) is 3. The van der Waals surface area contributed by atoms with Crippen molar-refractivity contribution in [3.05, 3.63) is 18.0 Å². The van der Waals surface area contributed by atoms with Crippen LogP contribution in [0.2, 0.25) is 0 Å². The summed E-state index contributed by atoms with van der Waals surface area (Å²) in [5.41, 5.74) is 1.15. The van der Waals surface area contributed by atoms with E-state index in [0.717, 1.165) is 55.6 Å². The molecule has 4 nitrogen and oxygen atoms in total. The minimum Gasteiger partial charge on any atom is -0.313 e. The maximum absolute atomic E-state index is 4.40. The molecule has 108 valence electrons. The molecule has 0 saturated heterocycles. The Bertz CT molecular complexity index is 325. The number of rotatable bonds is 10. The summed E-state index contributed by atoms with van der Waals surface area (Å²) in [5.74, 6) is 1.05. The largest absolute Gasteiger partial charge is 0.313 e. The van der Waals surface area contributed by atoms with E-state index >= 15 is 0 Å². The maximum atomic E-state index is 4.40. The van der Waals surface area contributed by atoms with Crippen LogP contribution in [-0.2, 0) is 6.54 Å². The van der Waals surface area contributed by atoms with Gasteiger partial charge in [-0.25, -0.2) is 9.97 Å². The van der Waals surface area contributed by atoms with Crippen molar-refractivity contribution in [2.75, 3.05) is 31.9 Å². The molecule has 0 aromatic carbocycles. The molecular weight excluding hydrogens is 256 g/mol. The molecule has 0 aliphatic heterocycles. The van der Waals surface area contributed by atoms with Crippen LogP contribution < -0.4 is 5.32 Å². The third-order valence-corrected chi connectivity index (χ3v) is 3.83. The molecule has 0 aliphatic carbocycles. The lowest BCUT2D eigenvalue weighted by molar-refractivity contribution is 0.324. The molecule has 1 aromatic heterocycles. The monoisotopic (exact) mass is 282 g/mol. The van der Waals surface area contributed by atoms with Gasteiger partial charge in [-0.05, 0) is 26.1 Å². The lowest BCUT2D eigenvalue weighted by Crippen LogP contribution is -2.25. The molecule has 1 heterocycles. The van der Waals surface area contributed by atoms with E-state index in [2.05, 4.69) is 41.0 Å². The molecule has 0 spiro atoms. The predicted molar refractivity (Wildman–Crippen MR) is 82.5 cm³/mol. The predicted octanol–water partition coefficient (Wildman–Crippen LogP) is 2.41. The van der Waals surface area contributed by atoms with Crippen molar-refractivity contribution >= 4 is 11.8 Å². The Balaban J connectivity index is 2.27. The lowest BCUT2D eigenvalue weighted by atomic mass is 10.3. The molecular formula is C14H26N4S. The van der Waals surface area contributed by atoms with E-state index < -0.39 is 0 Å².